The molecule has 4 nitrogen and oxygen atoms in total. The third kappa shape index (κ3) is 1.76. The summed E-state index contributed by atoms with van der Waals surface area (Å²) in [5.41, 5.74) is 0.175. The van der Waals surface area contributed by atoms with Crippen molar-refractivity contribution >= 4 is 6.21 Å². The number of benzene rings is 1. The van der Waals surface area contributed by atoms with Gasteiger partial charge in [0.15, 0.2) is 11.5 Å². The van der Waals surface area contributed by atoms with Crippen LogP contribution in [0.1, 0.15) is 5.56 Å². The van der Waals surface area contributed by atoms with Gasteiger partial charge in [0, 0.05) is 0 Å². The van der Waals surface area contributed by atoms with Gasteiger partial charge < -0.3 is 15.3 Å². The molecule has 0 saturated heterocycles. The van der Waals surface area contributed by atoms with E-state index < -0.39 is 5.82 Å². The van der Waals surface area contributed by atoms with Gasteiger partial charge in [-0.2, -0.15) is 5.10 Å². The Morgan fingerprint density at radius 1 is 1.36 bits per heavy atom. The molecule has 0 saturated carbocycles. The first kappa shape index (κ1) is 10.3. The molecule has 1 aromatic carbocycles. The third-order valence-corrected chi connectivity index (χ3v) is 1.73. The summed E-state index contributed by atoms with van der Waals surface area (Å²) in [7, 11) is 2.89. The molecular formula is C9H11FN2O2. The van der Waals surface area contributed by atoms with Crippen LogP contribution in [0.5, 0.6) is 11.5 Å². The predicted molar refractivity (Wildman–Crippen MR) is 51.3 cm³/mol. The fourth-order valence-electron chi connectivity index (χ4n) is 1.12. The number of nitrogens with zero attached hydrogens (tertiary/aromatic N) is 1. The van der Waals surface area contributed by atoms with Gasteiger partial charge in [-0.05, 0) is 12.1 Å². The van der Waals surface area contributed by atoms with Gasteiger partial charge in [0.05, 0.1) is 26.0 Å². The third-order valence-electron chi connectivity index (χ3n) is 1.73. The first-order chi connectivity index (χ1) is 6.74. The molecule has 0 spiro atoms. The molecule has 0 amide bonds. The minimum Gasteiger partial charge on any atom is -0.493 e. The summed E-state index contributed by atoms with van der Waals surface area (Å²) in [4.78, 5) is 0. The molecule has 0 heterocycles. The van der Waals surface area contributed by atoms with Gasteiger partial charge in [-0.1, -0.05) is 0 Å². The molecular weight excluding hydrogens is 187 g/mol. The van der Waals surface area contributed by atoms with Gasteiger partial charge in [-0.25, -0.2) is 4.39 Å². The number of hydrogen-bond acceptors (Lipinski definition) is 4. The summed E-state index contributed by atoms with van der Waals surface area (Å²) in [5.74, 6) is 5.20. The molecule has 0 unspecified atom stereocenters. The van der Waals surface area contributed by atoms with E-state index in [9.17, 15) is 4.39 Å². The highest BCUT2D eigenvalue weighted by molar-refractivity contribution is 5.85. The van der Waals surface area contributed by atoms with Crippen LogP contribution < -0.4 is 15.3 Å². The molecule has 1 rings (SSSR count). The molecule has 5 heteroatoms. The summed E-state index contributed by atoms with van der Waals surface area (Å²) in [6.07, 6.45) is 1.18. The van der Waals surface area contributed by atoms with Crippen LogP contribution in [0.15, 0.2) is 17.2 Å². The summed E-state index contributed by atoms with van der Waals surface area (Å²) < 4.78 is 23.2. The van der Waals surface area contributed by atoms with Crippen molar-refractivity contribution in [2.75, 3.05) is 14.2 Å². The molecule has 0 aliphatic heterocycles. The van der Waals surface area contributed by atoms with Crippen molar-refractivity contribution in [2.24, 2.45) is 10.9 Å². The lowest BCUT2D eigenvalue weighted by Crippen LogP contribution is -1.99. The maximum Gasteiger partial charge on any atom is 0.172 e. The van der Waals surface area contributed by atoms with Gasteiger partial charge in [-0.15, -0.1) is 0 Å². The number of halogens is 1. The number of nitrogens with two attached hydrogens (primary N) is 1. The van der Waals surface area contributed by atoms with Crippen molar-refractivity contribution in [1.29, 1.82) is 0 Å². The maximum atomic E-state index is 13.3. The Morgan fingerprint density at radius 2 is 2.07 bits per heavy atom. The summed E-state index contributed by atoms with van der Waals surface area (Å²) in [6.45, 7) is 0. The van der Waals surface area contributed by atoms with E-state index in [4.69, 9.17) is 15.3 Å². The molecule has 14 heavy (non-hydrogen) atoms. The summed E-state index contributed by atoms with van der Waals surface area (Å²) >= 11 is 0. The Hall–Kier alpha value is -1.78. The van der Waals surface area contributed by atoms with E-state index in [1.807, 2.05) is 0 Å². The predicted octanol–water partition coefficient (Wildman–Crippen LogP) is 1.14. The topological polar surface area (TPSA) is 56.8 Å². The number of hydrazone groups is 1. The lowest BCUT2D eigenvalue weighted by Gasteiger charge is -2.10. The molecule has 0 radical (unpaired) electrons. The first-order valence-corrected chi connectivity index (χ1v) is 3.88. The lowest BCUT2D eigenvalue weighted by atomic mass is 10.2. The van der Waals surface area contributed by atoms with Crippen molar-refractivity contribution in [3.05, 3.63) is 23.5 Å². The van der Waals surface area contributed by atoms with E-state index in [0.717, 1.165) is 0 Å². The van der Waals surface area contributed by atoms with Gasteiger partial charge in [0.25, 0.3) is 0 Å². The standard InChI is InChI=1S/C9H11FN2O2/c1-13-8-4-3-7(10)6(5-12-11)9(8)14-2/h3-5H,11H2,1-2H3. The largest absolute Gasteiger partial charge is 0.493 e. The van der Waals surface area contributed by atoms with Gasteiger partial charge >= 0.3 is 0 Å². The van der Waals surface area contributed by atoms with Crippen molar-refractivity contribution in [3.63, 3.8) is 0 Å². The second-order valence-corrected chi connectivity index (χ2v) is 2.47. The van der Waals surface area contributed by atoms with Crippen molar-refractivity contribution < 1.29 is 13.9 Å². The highest BCUT2D eigenvalue weighted by Crippen LogP contribution is 2.31. The highest BCUT2D eigenvalue weighted by Gasteiger charge is 2.12. The van der Waals surface area contributed by atoms with Crippen LogP contribution in [0.3, 0.4) is 0 Å². The SMILES string of the molecule is COc1ccc(F)c(C=NN)c1OC. The Morgan fingerprint density at radius 3 is 2.57 bits per heavy atom. The van der Waals surface area contributed by atoms with Crippen LogP contribution in [-0.2, 0) is 0 Å². The fourth-order valence-corrected chi connectivity index (χ4v) is 1.12. The quantitative estimate of drug-likeness (QED) is 0.450. The average molecular weight is 198 g/mol. The lowest BCUT2D eigenvalue weighted by molar-refractivity contribution is 0.352. The van der Waals surface area contributed by atoms with Crippen molar-refractivity contribution in [2.45, 2.75) is 0 Å². The second kappa shape index (κ2) is 4.45. The maximum absolute atomic E-state index is 13.3. The van der Waals surface area contributed by atoms with Crippen LogP contribution in [-0.4, -0.2) is 20.4 Å². The number of rotatable bonds is 3. The zero-order valence-corrected chi connectivity index (χ0v) is 7.95. The van der Waals surface area contributed by atoms with Gasteiger partial charge in [0.1, 0.15) is 5.82 Å². The van der Waals surface area contributed by atoms with Crippen LogP contribution in [0.2, 0.25) is 0 Å². The normalized spacial score (nSPS) is 10.5. The zero-order chi connectivity index (χ0) is 10.6. The molecule has 76 valence electrons. The van der Waals surface area contributed by atoms with Crippen LogP contribution in [0, 0.1) is 5.82 Å². The van der Waals surface area contributed by atoms with E-state index >= 15 is 0 Å². The fraction of sp³-hybridized carbons (Fsp3) is 0.222. The molecule has 0 atom stereocenters. The Balaban J connectivity index is 3.34. The zero-order valence-electron chi connectivity index (χ0n) is 7.95. The first-order valence-electron chi connectivity index (χ1n) is 3.88. The van der Waals surface area contributed by atoms with Crippen molar-refractivity contribution in [1.82, 2.24) is 0 Å². The molecule has 0 fully saturated rings. The number of hydrogen-bond donors (Lipinski definition) is 1. The molecule has 0 aromatic heterocycles. The molecule has 1 aromatic rings. The second-order valence-electron chi connectivity index (χ2n) is 2.47. The number of ether oxygens (including phenoxy) is 2. The van der Waals surface area contributed by atoms with E-state index in [2.05, 4.69) is 5.10 Å². The summed E-state index contributed by atoms with van der Waals surface area (Å²) in [6, 6.07) is 2.74. The smallest absolute Gasteiger partial charge is 0.172 e. The minimum atomic E-state index is -0.461. The van der Waals surface area contributed by atoms with E-state index in [1.54, 1.807) is 0 Å². The minimum absolute atomic E-state index is 0.175. The Kier molecular flexibility index (Phi) is 3.28. The Labute approximate surface area is 81.1 Å². The highest BCUT2D eigenvalue weighted by atomic mass is 19.1. The average Bonchev–Trinajstić information content (AvgIpc) is 2.21. The molecule has 0 bridgehead atoms. The van der Waals surface area contributed by atoms with E-state index in [-0.39, 0.29) is 11.3 Å². The molecule has 0 aliphatic rings. The summed E-state index contributed by atoms with van der Waals surface area (Å²) in [5, 5.41) is 3.25. The molecule has 0 aliphatic carbocycles. The van der Waals surface area contributed by atoms with Crippen LogP contribution in [0.4, 0.5) is 4.39 Å². The molecule has 2 N–H and O–H groups in total. The number of methoxy groups -OCH3 is 2. The Bertz CT molecular complexity index is 353. The van der Waals surface area contributed by atoms with Gasteiger partial charge in [0.2, 0.25) is 0 Å². The van der Waals surface area contributed by atoms with E-state index in [0.29, 0.717) is 5.75 Å². The van der Waals surface area contributed by atoms with Crippen LogP contribution >= 0.6 is 0 Å². The van der Waals surface area contributed by atoms with Crippen LogP contribution in [0.25, 0.3) is 0 Å². The van der Waals surface area contributed by atoms with Crippen molar-refractivity contribution in [3.8, 4) is 11.5 Å². The van der Waals surface area contributed by atoms with Gasteiger partial charge in [-0.3, -0.25) is 0 Å². The monoisotopic (exact) mass is 198 g/mol. The van der Waals surface area contributed by atoms with E-state index in [1.165, 1.54) is 32.6 Å².